The van der Waals surface area contributed by atoms with Crippen LogP contribution in [0.3, 0.4) is 0 Å². The van der Waals surface area contributed by atoms with Crippen LogP contribution in [0.2, 0.25) is 0 Å². The highest BCUT2D eigenvalue weighted by atomic mass is 16.5. The third kappa shape index (κ3) is 5.12. The first-order valence-electron chi connectivity index (χ1n) is 6.05. The molecule has 1 heterocycles. The lowest BCUT2D eigenvalue weighted by molar-refractivity contribution is -0.138. The number of nitrogens with zero attached hydrogens (tertiary/aromatic N) is 2. The van der Waals surface area contributed by atoms with Crippen LogP contribution < -0.4 is 5.73 Å². The molecule has 1 rings (SSSR count). The second-order valence-corrected chi connectivity index (χ2v) is 4.48. The molecule has 1 atom stereocenters. The predicted octanol–water partition coefficient (Wildman–Crippen LogP) is -0.911. The summed E-state index contributed by atoms with van der Waals surface area (Å²) in [5.41, 5.74) is 5.03. The zero-order chi connectivity index (χ0) is 14.4. The Morgan fingerprint density at radius 2 is 2.11 bits per heavy atom. The molecule has 8 heteroatoms. The third-order valence-corrected chi connectivity index (χ3v) is 2.67. The summed E-state index contributed by atoms with van der Waals surface area (Å²) >= 11 is 0. The first-order valence-corrected chi connectivity index (χ1v) is 6.05. The van der Waals surface area contributed by atoms with Gasteiger partial charge in [0, 0.05) is 19.7 Å². The van der Waals surface area contributed by atoms with Gasteiger partial charge in [-0.05, 0) is 13.3 Å². The molecule has 0 aromatic heterocycles. The summed E-state index contributed by atoms with van der Waals surface area (Å²) in [6.45, 7) is 2.27. The van der Waals surface area contributed by atoms with Gasteiger partial charge in [-0.15, -0.1) is 0 Å². The summed E-state index contributed by atoms with van der Waals surface area (Å²) < 4.78 is 5.40. The zero-order valence-electron chi connectivity index (χ0n) is 10.9. The summed E-state index contributed by atoms with van der Waals surface area (Å²) in [5.74, 6) is -1.93. The lowest BCUT2D eigenvalue weighted by Gasteiger charge is -2.28. The van der Waals surface area contributed by atoms with Crippen LogP contribution >= 0.6 is 0 Å². The second kappa shape index (κ2) is 6.93. The molecular weight excluding hydrogens is 254 g/mol. The standard InChI is InChI=1S/C11H19N3O5/c1-8-5-13(3-2-4-19-8)11(18)14(6-9(12)15)7-10(16)17/h8H,2-7H2,1H3,(H2,12,15)(H,16,17). The lowest BCUT2D eigenvalue weighted by atomic mass is 10.3. The smallest absolute Gasteiger partial charge is 0.323 e. The zero-order valence-corrected chi connectivity index (χ0v) is 10.9. The van der Waals surface area contributed by atoms with E-state index in [4.69, 9.17) is 15.6 Å². The number of hydrogen-bond donors (Lipinski definition) is 2. The van der Waals surface area contributed by atoms with E-state index in [1.807, 2.05) is 6.92 Å². The molecule has 0 bridgehead atoms. The Balaban J connectivity index is 2.72. The number of ether oxygens (including phenoxy) is 1. The van der Waals surface area contributed by atoms with Crippen LogP contribution in [-0.4, -0.2) is 71.7 Å². The number of aliphatic carboxylic acids is 1. The fraction of sp³-hybridized carbons (Fsp3) is 0.727. The number of urea groups is 1. The molecular formula is C11H19N3O5. The van der Waals surface area contributed by atoms with E-state index >= 15 is 0 Å². The summed E-state index contributed by atoms with van der Waals surface area (Å²) in [6, 6.07) is -0.501. The van der Waals surface area contributed by atoms with Crippen LogP contribution in [-0.2, 0) is 14.3 Å². The van der Waals surface area contributed by atoms with Gasteiger partial charge in [-0.3, -0.25) is 9.59 Å². The number of amides is 3. The molecule has 1 saturated heterocycles. The van der Waals surface area contributed by atoms with E-state index < -0.39 is 31.0 Å². The Labute approximate surface area is 111 Å². The average Bonchev–Trinajstić information content (AvgIpc) is 2.50. The Kier molecular flexibility index (Phi) is 5.56. The molecule has 0 saturated carbocycles. The van der Waals surface area contributed by atoms with Crippen molar-refractivity contribution in [3.8, 4) is 0 Å². The van der Waals surface area contributed by atoms with E-state index in [1.165, 1.54) is 4.90 Å². The molecule has 19 heavy (non-hydrogen) atoms. The maximum atomic E-state index is 12.2. The van der Waals surface area contributed by atoms with Crippen LogP contribution in [0.15, 0.2) is 0 Å². The van der Waals surface area contributed by atoms with Gasteiger partial charge in [0.15, 0.2) is 0 Å². The van der Waals surface area contributed by atoms with Gasteiger partial charge in [0.25, 0.3) is 0 Å². The molecule has 0 aromatic rings. The van der Waals surface area contributed by atoms with Gasteiger partial charge in [-0.2, -0.15) is 0 Å². The Morgan fingerprint density at radius 1 is 1.42 bits per heavy atom. The molecule has 0 aliphatic carbocycles. The first-order chi connectivity index (χ1) is 8.90. The van der Waals surface area contributed by atoms with Crippen LogP contribution in [0.25, 0.3) is 0 Å². The van der Waals surface area contributed by atoms with Crippen molar-refractivity contribution in [2.24, 2.45) is 5.73 Å². The molecule has 8 nitrogen and oxygen atoms in total. The highest BCUT2D eigenvalue weighted by Gasteiger charge is 2.26. The van der Waals surface area contributed by atoms with Gasteiger partial charge in [0.05, 0.1) is 6.10 Å². The molecule has 3 N–H and O–H groups in total. The van der Waals surface area contributed by atoms with Gasteiger partial charge in [-0.1, -0.05) is 0 Å². The van der Waals surface area contributed by atoms with Crippen LogP contribution in [0.4, 0.5) is 4.79 Å². The van der Waals surface area contributed by atoms with Crippen molar-refractivity contribution in [1.29, 1.82) is 0 Å². The molecule has 1 unspecified atom stereocenters. The Morgan fingerprint density at radius 3 is 2.68 bits per heavy atom. The largest absolute Gasteiger partial charge is 0.480 e. The highest BCUT2D eigenvalue weighted by Crippen LogP contribution is 2.08. The number of carbonyl (C=O) groups excluding carboxylic acids is 2. The number of carboxylic acids is 1. The molecule has 108 valence electrons. The summed E-state index contributed by atoms with van der Waals surface area (Å²) in [6.07, 6.45) is 0.555. The molecule has 0 spiro atoms. The number of primary amides is 1. The van der Waals surface area contributed by atoms with Crippen molar-refractivity contribution in [3.63, 3.8) is 0 Å². The Hall–Kier alpha value is -1.83. The minimum absolute atomic E-state index is 0.119. The maximum Gasteiger partial charge on any atom is 0.323 e. The fourth-order valence-corrected chi connectivity index (χ4v) is 1.91. The van der Waals surface area contributed by atoms with Gasteiger partial charge < -0.3 is 25.4 Å². The Bertz CT molecular complexity index is 344. The third-order valence-electron chi connectivity index (χ3n) is 2.67. The van der Waals surface area contributed by atoms with Gasteiger partial charge in [-0.25, -0.2) is 4.79 Å². The molecule has 3 amide bonds. The molecule has 1 aliphatic rings. The average molecular weight is 273 g/mol. The highest BCUT2D eigenvalue weighted by molar-refractivity contribution is 5.86. The van der Waals surface area contributed by atoms with E-state index in [-0.39, 0.29) is 6.10 Å². The van der Waals surface area contributed by atoms with Crippen LogP contribution in [0.1, 0.15) is 13.3 Å². The van der Waals surface area contributed by atoms with Crippen LogP contribution in [0.5, 0.6) is 0 Å². The van der Waals surface area contributed by atoms with Crippen molar-refractivity contribution in [3.05, 3.63) is 0 Å². The first kappa shape index (κ1) is 15.2. The summed E-state index contributed by atoms with van der Waals surface area (Å²) in [5, 5.41) is 8.76. The minimum atomic E-state index is -1.19. The van der Waals surface area contributed by atoms with E-state index in [0.29, 0.717) is 26.1 Å². The van der Waals surface area contributed by atoms with Crippen molar-refractivity contribution in [1.82, 2.24) is 9.80 Å². The normalized spacial score (nSPS) is 19.6. The maximum absolute atomic E-state index is 12.2. The SMILES string of the molecule is CC1CN(C(=O)N(CC(N)=O)CC(=O)O)CCCO1. The minimum Gasteiger partial charge on any atom is -0.480 e. The quantitative estimate of drug-likeness (QED) is 0.688. The van der Waals surface area contributed by atoms with Gasteiger partial charge >= 0.3 is 12.0 Å². The van der Waals surface area contributed by atoms with E-state index in [2.05, 4.69) is 0 Å². The second-order valence-electron chi connectivity index (χ2n) is 4.48. The van der Waals surface area contributed by atoms with E-state index in [0.717, 1.165) is 4.90 Å². The van der Waals surface area contributed by atoms with Crippen LogP contribution in [0, 0.1) is 0 Å². The van der Waals surface area contributed by atoms with Gasteiger partial charge in [0.1, 0.15) is 13.1 Å². The fourth-order valence-electron chi connectivity index (χ4n) is 1.91. The van der Waals surface area contributed by atoms with Crippen molar-refractivity contribution >= 4 is 17.9 Å². The molecule has 0 aromatic carbocycles. The van der Waals surface area contributed by atoms with Crippen molar-refractivity contribution in [2.75, 3.05) is 32.8 Å². The topological polar surface area (TPSA) is 113 Å². The lowest BCUT2D eigenvalue weighted by Crippen LogP contribution is -2.49. The number of rotatable bonds is 4. The molecule has 1 fully saturated rings. The van der Waals surface area contributed by atoms with E-state index in [9.17, 15) is 14.4 Å². The molecule has 1 aliphatic heterocycles. The van der Waals surface area contributed by atoms with Gasteiger partial charge in [0.2, 0.25) is 5.91 Å². The van der Waals surface area contributed by atoms with Crippen molar-refractivity contribution < 1.29 is 24.2 Å². The molecule has 0 radical (unpaired) electrons. The van der Waals surface area contributed by atoms with Crippen molar-refractivity contribution in [2.45, 2.75) is 19.4 Å². The predicted molar refractivity (Wildman–Crippen MR) is 65.4 cm³/mol. The number of carboxylic acid groups (broad SMARTS) is 1. The summed E-state index contributed by atoms with van der Waals surface area (Å²) in [4.78, 5) is 36.2. The number of nitrogens with two attached hydrogens (primary N) is 1. The summed E-state index contributed by atoms with van der Waals surface area (Å²) in [7, 11) is 0. The number of hydrogen-bond acceptors (Lipinski definition) is 4. The van der Waals surface area contributed by atoms with E-state index in [1.54, 1.807) is 0 Å². The number of carbonyl (C=O) groups is 3. The monoisotopic (exact) mass is 273 g/mol.